The summed E-state index contributed by atoms with van der Waals surface area (Å²) in [7, 11) is 2.02. The number of aryl methyl sites for hydroxylation is 3. The summed E-state index contributed by atoms with van der Waals surface area (Å²) in [6, 6.07) is 16.5. The first-order chi connectivity index (χ1) is 11.6. The van der Waals surface area contributed by atoms with Gasteiger partial charge in [-0.3, -0.25) is 0 Å². The Labute approximate surface area is 140 Å². The average molecular weight is 313 g/mol. The van der Waals surface area contributed by atoms with Gasteiger partial charge >= 0.3 is 0 Å². The van der Waals surface area contributed by atoms with E-state index in [2.05, 4.69) is 22.8 Å². The molecular weight excluding hydrogens is 296 g/mol. The normalized spacial score (nSPS) is 11.1. The standard InChI is InChI=1S/C21H17N2O/c1-13-7-8-16-18(10-13)24-21-19(17-6-4-5-9-23(17)3)14(2)11-15(12-22)20(16)21/h4-11H,1-3H3/q+1. The second-order valence-corrected chi connectivity index (χ2v) is 6.23. The van der Waals surface area contributed by atoms with E-state index in [1.54, 1.807) is 0 Å². The lowest BCUT2D eigenvalue weighted by Gasteiger charge is -2.06. The molecule has 2 aromatic heterocycles. The number of hydrogen-bond donors (Lipinski definition) is 0. The van der Waals surface area contributed by atoms with Crippen molar-refractivity contribution in [2.75, 3.05) is 0 Å². The molecule has 0 saturated carbocycles. The molecule has 0 saturated heterocycles. The maximum absolute atomic E-state index is 9.61. The van der Waals surface area contributed by atoms with Gasteiger partial charge < -0.3 is 4.42 Å². The fourth-order valence-corrected chi connectivity index (χ4v) is 3.38. The number of hydrogen-bond acceptors (Lipinski definition) is 2. The van der Waals surface area contributed by atoms with Crippen LogP contribution in [0.2, 0.25) is 0 Å². The van der Waals surface area contributed by atoms with E-state index in [1.807, 2.05) is 57.4 Å². The highest BCUT2D eigenvalue weighted by Crippen LogP contribution is 2.39. The zero-order chi connectivity index (χ0) is 16.8. The van der Waals surface area contributed by atoms with Gasteiger partial charge in [-0.25, -0.2) is 4.57 Å². The summed E-state index contributed by atoms with van der Waals surface area (Å²) in [4.78, 5) is 0. The zero-order valence-corrected chi connectivity index (χ0v) is 13.9. The average Bonchev–Trinajstić information content (AvgIpc) is 2.93. The van der Waals surface area contributed by atoms with E-state index in [9.17, 15) is 5.26 Å². The van der Waals surface area contributed by atoms with Crippen molar-refractivity contribution in [3.63, 3.8) is 0 Å². The van der Waals surface area contributed by atoms with Gasteiger partial charge in [0.1, 0.15) is 12.6 Å². The third-order valence-corrected chi connectivity index (χ3v) is 4.53. The number of nitriles is 1. The topological polar surface area (TPSA) is 40.8 Å². The van der Waals surface area contributed by atoms with Crippen molar-refractivity contribution >= 4 is 21.9 Å². The first kappa shape index (κ1) is 14.5. The van der Waals surface area contributed by atoms with Crippen molar-refractivity contribution in [2.24, 2.45) is 7.05 Å². The van der Waals surface area contributed by atoms with E-state index in [0.29, 0.717) is 5.56 Å². The van der Waals surface area contributed by atoms with Crippen LogP contribution in [0.1, 0.15) is 16.7 Å². The van der Waals surface area contributed by atoms with Crippen molar-refractivity contribution in [1.82, 2.24) is 0 Å². The van der Waals surface area contributed by atoms with Gasteiger partial charge in [0.25, 0.3) is 0 Å². The Morgan fingerprint density at radius 2 is 1.92 bits per heavy atom. The third-order valence-electron chi connectivity index (χ3n) is 4.53. The molecule has 0 atom stereocenters. The zero-order valence-electron chi connectivity index (χ0n) is 13.9. The van der Waals surface area contributed by atoms with E-state index in [4.69, 9.17) is 4.42 Å². The Bertz CT molecular complexity index is 1150. The first-order valence-electron chi connectivity index (χ1n) is 7.91. The van der Waals surface area contributed by atoms with Gasteiger partial charge in [0.05, 0.1) is 17.2 Å². The molecule has 0 amide bonds. The molecule has 0 aliphatic carbocycles. The Morgan fingerprint density at radius 1 is 1.08 bits per heavy atom. The van der Waals surface area contributed by atoms with E-state index >= 15 is 0 Å². The number of benzene rings is 2. The lowest BCUT2D eigenvalue weighted by Crippen LogP contribution is -2.30. The van der Waals surface area contributed by atoms with Gasteiger partial charge in [-0.15, -0.1) is 0 Å². The Kier molecular flexibility index (Phi) is 3.14. The summed E-state index contributed by atoms with van der Waals surface area (Å²) in [5, 5.41) is 11.5. The Balaban J connectivity index is 2.23. The molecule has 0 N–H and O–H groups in total. The monoisotopic (exact) mass is 313 g/mol. The molecule has 0 fully saturated rings. The summed E-state index contributed by atoms with van der Waals surface area (Å²) in [6.07, 6.45) is 2.02. The SMILES string of the molecule is Cc1ccc2c(c1)oc1c(-c3cccc[n+]3C)c(C)cc(C#N)c12. The van der Waals surface area contributed by atoms with Crippen molar-refractivity contribution in [3.05, 3.63) is 65.4 Å². The van der Waals surface area contributed by atoms with Crippen molar-refractivity contribution in [2.45, 2.75) is 13.8 Å². The van der Waals surface area contributed by atoms with Crippen LogP contribution in [0.15, 0.2) is 53.1 Å². The molecule has 3 heteroatoms. The number of rotatable bonds is 1. The van der Waals surface area contributed by atoms with E-state index in [1.165, 1.54) is 0 Å². The van der Waals surface area contributed by atoms with Gasteiger partial charge in [0.15, 0.2) is 11.8 Å². The van der Waals surface area contributed by atoms with Crippen molar-refractivity contribution < 1.29 is 8.98 Å². The highest BCUT2D eigenvalue weighted by Gasteiger charge is 2.22. The molecule has 3 nitrogen and oxygen atoms in total. The molecule has 24 heavy (non-hydrogen) atoms. The van der Waals surface area contributed by atoms with Crippen LogP contribution in [0, 0.1) is 25.2 Å². The smallest absolute Gasteiger partial charge is 0.216 e. The van der Waals surface area contributed by atoms with Crippen LogP contribution in [0.25, 0.3) is 33.2 Å². The van der Waals surface area contributed by atoms with Gasteiger partial charge in [-0.2, -0.15) is 5.26 Å². The second kappa shape index (κ2) is 5.21. The first-order valence-corrected chi connectivity index (χ1v) is 7.91. The Morgan fingerprint density at radius 3 is 2.67 bits per heavy atom. The summed E-state index contributed by atoms with van der Waals surface area (Å²) in [6.45, 7) is 4.07. The van der Waals surface area contributed by atoms with E-state index in [0.717, 1.165) is 44.3 Å². The fraction of sp³-hybridized carbons (Fsp3) is 0.143. The maximum Gasteiger partial charge on any atom is 0.216 e. The highest BCUT2D eigenvalue weighted by atomic mass is 16.3. The Hall–Kier alpha value is -3.12. The van der Waals surface area contributed by atoms with Crippen LogP contribution in [0.3, 0.4) is 0 Å². The largest absolute Gasteiger partial charge is 0.455 e. The predicted octanol–water partition coefficient (Wildman–Crippen LogP) is 4.57. The van der Waals surface area contributed by atoms with E-state index in [-0.39, 0.29) is 0 Å². The maximum atomic E-state index is 9.61. The minimum absolute atomic E-state index is 0.660. The van der Waals surface area contributed by atoms with Crippen LogP contribution >= 0.6 is 0 Å². The van der Waals surface area contributed by atoms with E-state index < -0.39 is 0 Å². The minimum Gasteiger partial charge on any atom is -0.455 e. The van der Waals surface area contributed by atoms with Crippen LogP contribution in [-0.2, 0) is 7.05 Å². The molecule has 0 aliphatic rings. The lowest BCUT2D eigenvalue weighted by atomic mass is 9.96. The lowest BCUT2D eigenvalue weighted by molar-refractivity contribution is -0.660. The summed E-state index contributed by atoms with van der Waals surface area (Å²) < 4.78 is 8.31. The summed E-state index contributed by atoms with van der Waals surface area (Å²) in [5.74, 6) is 0. The van der Waals surface area contributed by atoms with Crippen LogP contribution in [0.5, 0.6) is 0 Å². The molecule has 0 unspecified atom stereocenters. The number of pyridine rings is 1. The van der Waals surface area contributed by atoms with Gasteiger partial charge in [0.2, 0.25) is 5.69 Å². The van der Waals surface area contributed by atoms with Crippen molar-refractivity contribution in [3.8, 4) is 17.3 Å². The molecule has 0 bridgehead atoms. The number of aromatic nitrogens is 1. The van der Waals surface area contributed by atoms with Crippen LogP contribution in [-0.4, -0.2) is 0 Å². The second-order valence-electron chi connectivity index (χ2n) is 6.23. The molecule has 2 heterocycles. The molecule has 0 radical (unpaired) electrons. The quantitative estimate of drug-likeness (QED) is 0.483. The summed E-state index contributed by atoms with van der Waals surface area (Å²) in [5.41, 5.74) is 6.56. The molecule has 4 rings (SSSR count). The third kappa shape index (κ3) is 2.00. The number of nitrogens with zero attached hydrogens (tertiary/aromatic N) is 2. The fourth-order valence-electron chi connectivity index (χ4n) is 3.38. The number of furan rings is 1. The van der Waals surface area contributed by atoms with Gasteiger partial charge in [-0.05, 0) is 43.2 Å². The predicted molar refractivity (Wildman–Crippen MR) is 94.5 cm³/mol. The number of fused-ring (bicyclic) bond motifs is 3. The molecular formula is C21H17N2O+. The van der Waals surface area contributed by atoms with Gasteiger partial charge in [0, 0.05) is 22.9 Å². The molecule has 0 aliphatic heterocycles. The molecule has 0 spiro atoms. The molecule has 4 aromatic rings. The van der Waals surface area contributed by atoms with Gasteiger partial charge in [-0.1, -0.05) is 12.1 Å². The minimum atomic E-state index is 0.660. The highest BCUT2D eigenvalue weighted by molar-refractivity contribution is 6.12. The van der Waals surface area contributed by atoms with Crippen LogP contribution in [0.4, 0.5) is 0 Å². The molecule has 116 valence electrons. The van der Waals surface area contributed by atoms with Crippen molar-refractivity contribution in [1.29, 1.82) is 5.26 Å². The summed E-state index contributed by atoms with van der Waals surface area (Å²) >= 11 is 0. The van der Waals surface area contributed by atoms with Crippen LogP contribution < -0.4 is 4.57 Å². The molecule has 2 aromatic carbocycles.